The van der Waals surface area contributed by atoms with Gasteiger partial charge in [-0.1, -0.05) is 48.5 Å². The van der Waals surface area contributed by atoms with Crippen molar-refractivity contribution in [2.75, 3.05) is 0 Å². The van der Waals surface area contributed by atoms with Crippen LogP contribution in [0.5, 0.6) is 0 Å². The van der Waals surface area contributed by atoms with Crippen molar-refractivity contribution in [3.05, 3.63) is 82.9 Å². The average Bonchev–Trinajstić information content (AvgIpc) is 2.64. The van der Waals surface area contributed by atoms with Gasteiger partial charge < -0.3 is 10.2 Å². The van der Waals surface area contributed by atoms with Crippen LogP contribution in [-0.4, -0.2) is 22.2 Å². The maximum atomic E-state index is 11.5. The molecule has 26 heavy (non-hydrogen) atoms. The van der Waals surface area contributed by atoms with Crippen molar-refractivity contribution in [1.82, 2.24) is 0 Å². The molecule has 3 rings (SSSR count). The predicted molar refractivity (Wildman–Crippen MR) is 101 cm³/mol. The van der Waals surface area contributed by atoms with Gasteiger partial charge in [0, 0.05) is 0 Å². The van der Waals surface area contributed by atoms with E-state index in [0.717, 1.165) is 22.3 Å². The normalized spacial score (nSPS) is 10.5. The van der Waals surface area contributed by atoms with Crippen molar-refractivity contribution in [3.63, 3.8) is 0 Å². The minimum Gasteiger partial charge on any atom is -0.478 e. The first-order valence-corrected chi connectivity index (χ1v) is 8.17. The summed E-state index contributed by atoms with van der Waals surface area (Å²) >= 11 is 0. The fourth-order valence-corrected chi connectivity index (χ4v) is 3.21. The van der Waals surface area contributed by atoms with Crippen LogP contribution < -0.4 is 0 Å². The minimum atomic E-state index is -0.974. The maximum Gasteiger partial charge on any atom is 0.336 e. The molecule has 130 valence electrons. The van der Waals surface area contributed by atoms with Gasteiger partial charge in [0.15, 0.2) is 0 Å². The Kier molecular flexibility index (Phi) is 4.59. The molecule has 0 aliphatic carbocycles. The van der Waals surface area contributed by atoms with Gasteiger partial charge in [-0.05, 0) is 59.4 Å². The summed E-state index contributed by atoms with van der Waals surface area (Å²) in [5.41, 5.74) is 5.31. The summed E-state index contributed by atoms with van der Waals surface area (Å²) < 4.78 is 0. The van der Waals surface area contributed by atoms with Gasteiger partial charge >= 0.3 is 11.9 Å². The smallest absolute Gasteiger partial charge is 0.336 e. The third-order valence-electron chi connectivity index (χ3n) is 4.68. The second-order valence-corrected chi connectivity index (χ2v) is 6.11. The summed E-state index contributed by atoms with van der Waals surface area (Å²) in [7, 11) is 0. The Morgan fingerprint density at radius 1 is 0.577 bits per heavy atom. The molecular weight excluding hydrogens is 328 g/mol. The highest BCUT2D eigenvalue weighted by molar-refractivity contribution is 5.99. The topological polar surface area (TPSA) is 74.6 Å². The van der Waals surface area contributed by atoms with Gasteiger partial charge in [0.05, 0.1) is 11.1 Å². The second kappa shape index (κ2) is 6.84. The molecule has 0 atom stereocenters. The second-order valence-electron chi connectivity index (χ2n) is 6.11. The van der Waals surface area contributed by atoms with Crippen LogP contribution in [0, 0.1) is 13.8 Å². The number of hydrogen-bond acceptors (Lipinski definition) is 2. The molecule has 0 spiro atoms. The quantitative estimate of drug-likeness (QED) is 0.694. The molecule has 3 aromatic carbocycles. The summed E-state index contributed by atoms with van der Waals surface area (Å²) in [6, 6.07) is 17.5. The molecule has 0 saturated heterocycles. The van der Waals surface area contributed by atoms with E-state index in [1.54, 1.807) is 36.4 Å². The van der Waals surface area contributed by atoms with E-state index in [9.17, 15) is 19.8 Å². The lowest BCUT2D eigenvalue weighted by atomic mass is 9.88. The molecule has 0 saturated carbocycles. The molecule has 3 aromatic rings. The highest BCUT2D eigenvalue weighted by Gasteiger charge is 2.17. The number of carbonyl (C=O) groups is 2. The third-order valence-corrected chi connectivity index (χ3v) is 4.68. The Hall–Kier alpha value is -3.40. The van der Waals surface area contributed by atoms with E-state index in [1.165, 1.54) is 0 Å². The van der Waals surface area contributed by atoms with Crippen molar-refractivity contribution in [1.29, 1.82) is 0 Å². The van der Waals surface area contributed by atoms with E-state index in [-0.39, 0.29) is 11.1 Å². The van der Waals surface area contributed by atoms with Gasteiger partial charge in [0.25, 0.3) is 0 Å². The number of aromatic carboxylic acids is 2. The van der Waals surface area contributed by atoms with Gasteiger partial charge in [-0.2, -0.15) is 0 Å². The SMILES string of the molecule is Cc1c(-c2ccccc2C(=O)O)ccc(-c2ccccc2C(=O)O)c1C. The molecule has 2 N–H and O–H groups in total. The van der Waals surface area contributed by atoms with Gasteiger partial charge in [0.2, 0.25) is 0 Å². The third kappa shape index (κ3) is 2.97. The Morgan fingerprint density at radius 3 is 1.27 bits per heavy atom. The zero-order valence-corrected chi connectivity index (χ0v) is 14.5. The number of carboxylic acid groups (broad SMARTS) is 2. The summed E-state index contributed by atoms with van der Waals surface area (Å²) in [4.78, 5) is 23.1. The van der Waals surface area contributed by atoms with Crippen LogP contribution in [-0.2, 0) is 0 Å². The molecule has 0 amide bonds. The first kappa shape index (κ1) is 17.4. The summed E-state index contributed by atoms with van der Waals surface area (Å²) in [6.45, 7) is 3.85. The van der Waals surface area contributed by atoms with Crippen molar-refractivity contribution < 1.29 is 19.8 Å². The van der Waals surface area contributed by atoms with E-state index in [4.69, 9.17) is 0 Å². The Bertz CT molecular complexity index is 936. The van der Waals surface area contributed by atoms with Crippen molar-refractivity contribution in [3.8, 4) is 22.3 Å². The van der Waals surface area contributed by atoms with Crippen LogP contribution in [0.2, 0.25) is 0 Å². The fourth-order valence-electron chi connectivity index (χ4n) is 3.21. The zero-order chi connectivity index (χ0) is 18.8. The summed E-state index contributed by atoms with van der Waals surface area (Å²) in [5, 5.41) is 18.9. The molecule has 0 bridgehead atoms. The monoisotopic (exact) mass is 346 g/mol. The number of rotatable bonds is 4. The highest BCUT2D eigenvalue weighted by Crippen LogP contribution is 2.35. The van der Waals surface area contributed by atoms with Gasteiger partial charge in [-0.25, -0.2) is 9.59 Å². The van der Waals surface area contributed by atoms with Gasteiger partial charge in [-0.15, -0.1) is 0 Å². The Labute approximate surface area is 151 Å². The van der Waals surface area contributed by atoms with E-state index < -0.39 is 11.9 Å². The number of hydrogen-bond donors (Lipinski definition) is 2. The van der Waals surface area contributed by atoms with Crippen LogP contribution in [0.3, 0.4) is 0 Å². The standard InChI is InChI=1S/C22H18O4/c1-13-14(2)16(18-8-4-6-10-20(18)22(25)26)12-11-15(13)17-7-3-5-9-19(17)21(23)24/h3-12H,1-2H3,(H,23,24)(H,25,26). The average molecular weight is 346 g/mol. The molecule has 4 heteroatoms. The predicted octanol–water partition coefficient (Wildman–Crippen LogP) is 5.03. The lowest BCUT2D eigenvalue weighted by Gasteiger charge is -2.16. The molecule has 0 aromatic heterocycles. The first-order chi connectivity index (χ1) is 12.4. The van der Waals surface area contributed by atoms with Crippen LogP contribution >= 0.6 is 0 Å². The van der Waals surface area contributed by atoms with Crippen molar-refractivity contribution >= 4 is 11.9 Å². The highest BCUT2D eigenvalue weighted by atomic mass is 16.4. The molecule has 0 aliphatic heterocycles. The van der Waals surface area contributed by atoms with Crippen molar-refractivity contribution in [2.45, 2.75) is 13.8 Å². The summed E-state index contributed by atoms with van der Waals surface area (Å²) in [6.07, 6.45) is 0. The minimum absolute atomic E-state index is 0.244. The van der Waals surface area contributed by atoms with Gasteiger partial charge in [0.1, 0.15) is 0 Å². The van der Waals surface area contributed by atoms with Crippen LogP contribution in [0.15, 0.2) is 60.7 Å². The lowest BCUT2D eigenvalue weighted by Crippen LogP contribution is -2.02. The van der Waals surface area contributed by atoms with Gasteiger partial charge in [-0.3, -0.25) is 0 Å². The van der Waals surface area contributed by atoms with E-state index in [0.29, 0.717) is 11.1 Å². The summed E-state index contributed by atoms with van der Waals surface area (Å²) in [5.74, 6) is -1.95. The van der Waals surface area contributed by atoms with Crippen LogP contribution in [0.25, 0.3) is 22.3 Å². The molecule has 0 unspecified atom stereocenters. The Balaban J connectivity index is 2.21. The molecule has 0 aliphatic rings. The molecule has 0 fully saturated rings. The van der Waals surface area contributed by atoms with Crippen LogP contribution in [0.1, 0.15) is 31.8 Å². The molecule has 4 nitrogen and oxygen atoms in total. The molecule has 0 radical (unpaired) electrons. The fraction of sp³-hybridized carbons (Fsp3) is 0.0909. The zero-order valence-electron chi connectivity index (χ0n) is 14.5. The first-order valence-electron chi connectivity index (χ1n) is 8.17. The van der Waals surface area contributed by atoms with Crippen LogP contribution in [0.4, 0.5) is 0 Å². The molecular formula is C22H18O4. The molecule has 0 heterocycles. The number of carboxylic acids is 2. The van der Waals surface area contributed by atoms with Crippen molar-refractivity contribution in [2.24, 2.45) is 0 Å². The van der Waals surface area contributed by atoms with E-state index in [1.807, 2.05) is 38.1 Å². The van der Waals surface area contributed by atoms with E-state index >= 15 is 0 Å². The largest absolute Gasteiger partial charge is 0.478 e. The Morgan fingerprint density at radius 2 is 0.923 bits per heavy atom. The maximum absolute atomic E-state index is 11.5. The number of benzene rings is 3. The lowest BCUT2D eigenvalue weighted by molar-refractivity contribution is 0.0687. The van der Waals surface area contributed by atoms with E-state index in [2.05, 4.69) is 0 Å².